The number of non-ortho nitro benzene ring substituents is 1. The van der Waals surface area contributed by atoms with Gasteiger partial charge in [0.2, 0.25) is 0 Å². The predicted molar refractivity (Wildman–Crippen MR) is 93.2 cm³/mol. The largest absolute Gasteiger partial charge is 0.381 e. The summed E-state index contributed by atoms with van der Waals surface area (Å²) >= 11 is 0. The lowest BCUT2D eigenvalue weighted by atomic mass is 10.0. The van der Waals surface area contributed by atoms with E-state index in [0.717, 1.165) is 18.5 Å². The minimum absolute atomic E-state index is 0.000500. The number of para-hydroxylation sites is 1. The lowest BCUT2D eigenvalue weighted by molar-refractivity contribution is -0.384. The zero-order chi connectivity index (χ0) is 17.4. The molecule has 4 rings (SSSR count). The first-order valence-electron chi connectivity index (χ1n) is 7.97. The lowest BCUT2D eigenvalue weighted by Crippen LogP contribution is -2.27. The second kappa shape index (κ2) is 5.94. The molecule has 0 aliphatic carbocycles. The summed E-state index contributed by atoms with van der Waals surface area (Å²) in [5, 5.41) is 13.5. The van der Waals surface area contributed by atoms with Gasteiger partial charge in [-0.2, -0.15) is 0 Å². The third-order valence-electron chi connectivity index (χ3n) is 4.42. The smallest absolute Gasteiger partial charge is 0.336 e. The minimum Gasteiger partial charge on any atom is -0.336 e. The van der Waals surface area contributed by atoms with Crippen LogP contribution in [-0.2, 0) is 6.42 Å². The number of nitro benzene ring substituents is 1. The number of nitrogens with zero attached hydrogens (tertiary/aromatic N) is 2. The van der Waals surface area contributed by atoms with E-state index in [4.69, 9.17) is 4.52 Å². The van der Waals surface area contributed by atoms with Crippen molar-refractivity contribution in [3.63, 3.8) is 0 Å². The number of anilines is 2. The molecule has 1 aromatic heterocycles. The summed E-state index contributed by atoms with van der Waals surface area (Å²) in [6.07, 6.45) is 1.90. The average molecular weight is 337 g/mol. The Morgan fingerprint density at radius 2 is 1.88 bits per heavy atom. The van der Waals surface area contributed by atoms with Crippen molar-refractivity contribution in [1.29, 1.82) is 0 Å². The summed E-state index contributed by atoms with van der Waals surface area (Å²) in [4.78, 5) is 24.7. The van der Waals surface area contributed by atoms with Crippen molar-refractivity contribution in [1.82, 2.24) is 5.16 Å². The predicted octanol–water partition coefficient (Wildman–Crippen LogP) is 3.63. The molecule has 0 unspecified atom stereocenters. The number of aromatic nitrogens is 1. The number of H-pyrrole nitrogens is 1. The SMILES string of the molecule is O=c1o[nH]c(-c2ccc([N+](=O)[O-])cc2)c1N1CCCc2ccccc21. The summed E-state index contributed by atoms with van der Waals surface area (Å²) in [6, 6.07) is 14.0. The molecule has 7 nitrogen and oxygen atoms in total. The molecule has 0 saturated carbocycles. The van der Waals surface area contributed by atoms with Crippen molar-refractivity contribution in [2.75, 3.05) is 11.4 Å². The molecule has 2 aromatic carbocycles. The number of aromatic amines is 1. The Kier molecular flexibility index (Phi) is 3.61. The second-order valence-electron chi connectivity index (χ2n) is 5.90. The average Bonchev–Trinajstić information content (AvgIpc) is 3.02. The normalized spacial score (nSPS) is 13.5. The van der Waals surface area contributed by atoms with Crippen LogP contribution in [-0.4, -0.2) is 16.6 Å². The van der Waals surface area contributed by atoms with Crippen molar-refractivity contribution in [3.8, 4) is 11.3 Å². The van der Waals surface area contributed by atoms with E-state index in [0.29, 0.717) is 23.5 Å². The highest BCUT2D eigenvalue weighted by Crippen LogP contribution is 2.36. The molecule has 0 spiro atoms. The van der Waals surface area contributed by atoms with E-state index >= 15 is 0 Å². The van der Waals surface area contributed by atoms with Crippen LogP contribution in [0.25, 0.3) is 11.3 Å². The third-order valence-corrected chi connectivity index (χ3v) is 4.42. The van der Waals surface area contributed by atoms with Gasteiger partial charge in [0.25, 0.3) is 5.69 Å². The van der Waals surface area contributed by atoms with Crippen LogP contribution >= 0.6 is 0 Å². The highest BCUT2D eigenvalue weighted by Gasteiger charge is 2.26. The van der Waals surface area contributed by atoms with Crippen LogP contribution in [0.4, 0.5) is 17.1 Å². The summed E-state index contributed by atoms with van der Waals surface area (Å²) < 4.78 is 5.04. The Labute approximate surface area is 142 Å². The van der Waals surface area contributed by atoms with Crippen molar-refractivity contribution in [2.24, 2.45) is 0 Å². The molecule has 2 heterocycles. The fourth-order valence-electron chi connectivity index (χ4n) is 3.25. The van der Waals surface area contributed by atoms with Crippen LogP contribution in [0.3, 0.4) is 0 Å². The summed E-state index contributed by atoms with van der Waals surface area (Å²) in [7, 11) is 0. The van der Waals surface area contributed by atoms with Gasteiger partial charge in [-0.05, 0) is 36.6 Å². The van der Waals surface area contributed by atoms with Gasteiger partial charge >= 0.3 is 5.63 Å². The minimum atomic E-state index is -0.455. The molecule has 126 valence electrons. The van der Waals surface area contributed by atoms with Gasteiger partial charge in [-0.1, -0.05) is 18.2 Å². The summed E-state index contributed by atoms with van der Waals surface area (Å²) in [5.74, 6) is 0. The molecule has 0 amide bonds. The number of hydrogen-bond acceptors (Lipinski definition) is 5. The first-order valence-corrected chi connectivity index (χ1v) is 7.97. The Balaban J connectivity index is 1.82. The molecule has 25 heavy (non-hydrogen) atoms. The molecule has 0 bridgehead atoms. The van der Waals surface area contributed by atoms with E-state index in [1.807, 2.05) is 23.1 Å². The quantitative estimate of drug-likeness (QED) is 0.582. The number of benzene rings is 2. The highest BCUT2D eigenvalue weighted by atomic mass is 16.6. The van der Waals surface area contributed by atoms with E-state index in [1.165, 1.54) is 17.7 Å². The van der Waals surface area contributed by atoms with Gasteiger partial charge in [0.15, 0.2) is 5.69 Å². The Morgan fingerprint density at radius 3 is 2.64 bits per heavy atom. The van der Waals surface area contributed by atoms with Crippen molar-refractivity contribution in [3.05, 3.63) is 74.6 Å². The first-order chi connectivity index (χ1) is 12.1. The van der Waals surface area contributed by atoms with Gasteiger partial charge in [0, 0.05) is 29.9 Å². The van der Waals surface area contributed by atoms with Crippen LogP contribution < -0.4 is 10.5 Å². The van der Waals surface area contributed by atoms with Crippen LogP contribution in [0.1, 0.15) is 12.0 Å². The number of fused-ring (bicyclic) bond motifs is 1. The van der Waals surface area contributed by atoms with Gasteiger partial charge in [0.1, 0.15) is 5.69 Å². The molecule has 1 aliphatic rings. The molecule has 1 N–H and O–H groups in total. The number of nitro groups is 1. The van der Waals surface area contributed by atoms with E-state index in [-0.39, 0.29) is 5.69 Å². The number of nitrogens with one attached hydrogen (secondary N) is 1. The van der Waals surface area contributed by atoms with Crippen molar-refractivity contribution < 1.29 is 9.45 Å². The monoisotopic (exact) mass is 337 g/mol. The van der Waals surface area contributed by atoms with Gasteiger partial charge in [-0.25, -0.2) is 9.95 Å². The third kappa shape index (κ3) is 2.59. The van der Waals surface area contributed by atoms with Crippen molar-refractivity contribution in [2.45, 2.75) is 12.8 Å². The summed E-state index contributed by atoms with van der Waals surface area (Å²) in [5.41, 5.74) is 3.34. The van der Waals surface area contributed by atoms with Gasteiger partial charge in [0.05, 0.1) is 4.92 Å². The van der Waals surface area contributed by atoms with Crippen LogP contribution in [0.5, 0.6) is 0 Å². The molecule has 0 atom stereocenters. The molecule has 0 fully saturated rings. The zero-order valence-corrected chi connectivity index (χ0v) is 13.3. The molecule has 0 radical (unpaired) electrons. The molecule has 0 saturated heterocycles. The number of aryl methyl sites for hydroxylation is 1. The Morgan fingerprint density at radius 1 is 1.12 bits per heavy atom. The van der Waals surface area contributed by atoms with Gasteiger partial charge < -0.3 is 9.42 Å². The maximum Gasteiger partial charge on any atom is 0.381 e. The molecule has 7 heteroatoms. The molecule has 1 aliphatic heterocycles. The van der Waals surface area contributed by atoms with Crippen LogP contribution in [0, 0.1) is 10.1 Å². The van der Waals surface area contributed by atoms with Gasteiger partial charge in [-0.3, -0.25) is 10.1 Å². The second-order valence-corrected chi connectivity index (χ2v) is 5.90. The molecular formula is C18H15N3O4. The molecule has 3 aromatic rings. The van der Waals surface area contributed by atoms with Crippen molar-refractivity contribution >= 4 is 17.1 Å². The fourth-order valence-corrected chi connectivity index (χ4v) is 3.25. The Hall–Kier alpha value is -3.35. The molecular weight excluding hydrogens is 322 g/mol. The van der Waals surface area contributed by atoms with E-state index in [1.54, 1.807) is 12.1 Å². The number of hydrogen-bond donors (Lipinski definition) is 1. The maximum atomic E-state index is 12.3. The fraction of sp³-hybridized carbons (Fsp3) is 0.167. The van der Waals surface area contributed by atoms with E-state index in [9.17, 15) is 14.9 Å². The Bertz CT molecular complexity index is 988. The number of rotatable bonds is 3. The van der Waals surface area contributed by atoms with E-state index in [2.05, 4.69) is 11.2 Å². The van der Waals surface area contributed by atoms with Crippen LogP contribution in [0.2, 0.25) is 0 Å². The van der Waals surface area contributed by atoms with Gasteiger partial charge in [-0.15, -0.1) is 0 Å². The van der Waals surface area contributed by atoms with Crippen LogP contribution in [0.15, 0.2) is 57.8 Å². The lowest BCUT2D eigenvalue weighted by Gasteiger charge is -2.30. The standard InChI is InChI=1S/C18H15N3O4/c22-18-17(20-11-3-5-12-4-1-2-6-15(12)20)16(19-25-18)13-7-9-14(10-8-13)21(23)24/h1-2,4,6-10,19H,3,5,11H2. The summed E-state index contributed by atoms with van der Waals surface area (Å²) in [6.45, 7) is 0.708. The topological polar surface area (TPSA) is 92.4 Å². The zero-order valence-electron chi connectivity index (χ0n) is 13.3. The first kappa shape index (κ1) is 15.2. The maximum absolute atomic E-state index is 12.3. The van der Waals surface area contributed by atoms with E-state index < -0.39 is 10.5 Å². The highest BCUT2D eigenvalue weighted by molar-refractivity contribution is 5.80.